The highest BCUT2D eigenvalue weighted by molar-refractivity contribution is 5.86. The first-order valence-corrected chi connectivity index (χ1v) is 3.06. The smallest absolute Gasteiger partial charge is 0.162 e. The molecule has 0 aromatic carbocycles. The third kappa shape index (κ3) is 0.767. The molecule has 1 rings (SSSR count). The van der Waals surface area contributed by atoms with E-state index in [0.717, 1.165) is 6.42 Å². The lowest BCUT2D eigenvalue weighted by atomic mass is 9.73. The van der Waals surface area contributed by atoms with Crippen molar-refractivity contribution in [2.45, 2.75) is 31.4 Å². The van der Waals surface area contributed by atoms with E-state index in [9.17, 15) is 9.90 Å². The molecule has 1 saturated carbocycles. The quantitative estimate of drug-likeness (QED) is 0.498. The van der Waals surface area contributed by atoms with Crippen LogP contribution in [-0.4, -0.2) is 22.5 Å². The number of hydrogen-bond acceptors (Lipinski definition) is 3. The van der Waals surface area contributed by atoms with Gasteiger partial charge in [0.05, 0.1) is 0 Å². The van der Waals surface area contributed by atoms with Crippen molar-refractivity contribution >= 4 is 5.78 Å². The van der Waals surface area contributed by atoms with Crippen LogP contribution in [0.2, 0.25) is 0 Å². The fraction of sp³-hybridized carbons (Fsp3) is 0.833. The number of hydrogen-bond donors (Lipinski definition) is 2. The second kappa shape index (κ2) is 1.78. The second-order valence-electron chi connectivity index (χ2n) is 2.63. The molecule has 3 nitrogen and oxygen atoms in total. The van der Waals surface area contributed by atoms with Gasteiger partial charge in [0.25, 0.3) is 0 Å². The molecule has 3 heteroatoms. The maximum absolute atomic E-state index is 10.6. The average Bonchev–Trinajstić information content (AvgIpc) is 1.82. The molecule has 0 heterocycles. The number of ketones is 1. The third-order valence-corrected chi connectivity index (χ3v) is 2.06. The molecule has 52 valence electrons. The summed E-state index contributed by atoms with van der Waals surface area (Å²) in [5, 5.41) is 9.28. The molecule has 0 spiro atoms. The van der Waals surface area contributed by atoms with E-state index in [0.29, 0.717) is 6.42 Å². The molecule has 0 radical (unpaired) electrons. The molecule has 0 aromatic heterocycles. The van der Waals surface area contributed by atoms with E-state index in [-0.39, 0.29) is 11.8 Å². The number of aliphatic hydroxyl groups is 1. The fourth-order valence-electron chi connectivity index (χ4n) is 1.02. The van der Waals surface area contributed by atoms with E-state index in [1.165, 1.54) is 6.92 Å². The molecule has 1 aliphatic carbocycles. The lowest BCUT2D eigenvalue weighted by molar-refractivity contribution is -0.146. The van der Waals surface area contributed by atoms with Crippen molar-refractivity contribution in [2.75, 3.05) is 0 Å². The summed E-state index contributed by atoms with van der Waals surface area (Å²) >= 11 is 0. The zero-order valence-electron chi connectivity index (χ0n) is 5.42. The van der Waals surface area contributed by atoms with Gasteiger partial charge < -0.3 is 10.8 Å². The Labute approximate surface area is 53.9 Å². The van der Waals surface area contributed by atoms with E-state index in [1.54, 1.807) is 0 Å². The van der Waals surface area contributed by atoms with E-state index >= 15 is 0 Å². The molecule has 0 aromatic rings. The van der Waals surface area contributed by atoms with Gasteiger partial charge >= 0.3 is 0 Å². The van der Waals surface area contributed by atoms with Crippen LogP contribution in [-0.2, 0) is 4.79 Å². The summed E-state index contributed by atoms with van der Waals surface area (Å²) in [6.45, 7) is 1.37. The Kier molecular flexibility index (Phi) is 1.33. The van der Waals surface area contributed by atoms with Crippen LogP contribution in [0, 0.1) is 0 Å². The first-order valence-electron chi connectivity index (χ1n) is 3.06. The molecule has 0 aliphatic heterocycles. The molecule has 0 saturated heterocycles. The molecule has 1 fully saturated rings. The van der Waals surface area contributed by atoms with Gasteiger partial charge in [-0.25, -0.2) is 0 Å². The molecule has 2 atom stereocenters. The van der Waals surface area contributed by atoms with Crippen molar-refractivity contribution in [1.29, 1.82) is 0 Å². The van der Waals surface area contributed by atoms with Crippen LogP contribution >= 0.6 is 0 Å². The van der Waals surface area contributed by atoms with Crippen molar-refractivity contribution < 1.29 is 9.90 Å². The first-order chi connectivity index (χ1) is 4.07. The Bertz CT molecular complexity index is 146. The Morgan fingerprint density at radius 3 is 2.44 bits per heavy atom. The Hall–Kier alpha value is -0.410. The van der Waals surface area contributed by atoms with Gasteiger partial charge in [0, 0.05) is 6.04 Å². The minimum Gasteiger partial charge on any atom is -0.380 e. The minimum absolute atomic E-state index is 0.207. The third-order valence-electron chi connectivity index (χ3n) is 2.06. The lowest BCUT2D eigenvalue weighted by Gasteiger charge is -2.40. The highest BCUT2D eigenvalue weighted by Crippen LogP contribution is 2.30. The maximum Gasteiger partial charge on any atom is 0.162 e. The average molecular weight is 129 g/mol. The van der Waals surface area contributed by atoms with Crippen LogP contribution in [0.5, 0.6) is 0 Å². The predicted molar refractivity (Wildman–Crippen MR) is 32.8 cm³/mol. The van der Waals surface area contributed by atoms with Gasteiger partial charge in [-0.05, 0) is 19.8 Å². The number of rotatable bonds is 1. The molecule has 0 amide bonds. The number of carbonyl (C=O) groups is 1. The van der Waals surface area contributed by atoms with Gasteiger partial charge in [-0.2, -0.15) is 0 Å². The number of carbonyl (C=O) groups excluding carboxylic acids is 1. The molecular weight excluding hydrogens is 118 g/mol. The standard InChI is InChI=1S/C6H11NO2/c1-4(8)6(9)3-2-5(6)7/h5,9H,2-3,7H2,1H3. The number of nitrogens with two attached hydrogens (primary N) is 1. The van der Waals surface area contributed by atoms with Crippen molar-refractivity contribution in [3.05, 3.63) is 0 Å². The van der Waals surface area contributed by atoms with Crippen LogP contribution in [0.4, 0.5) is 0 Å². The highest BCUT2D eigenvalue weighted by Gasteiger charge is 2.46. The summed E-state index contributed by atoms with van der Waals surface area (Å²) in [5.74, 6) is -0.207. The van der Waals surface area contributed by atoms with E-state index < -0.39 is 5.60 Å². The molecule has 0 bridgehead atoms. The van der Waals surface area contributed by atoms with Crippen molar-refractivity contribution in [3.63, 3.8) is 0 Å². The summed E-state index contributed by atoms with van der Waals surface area (Å²) in [6.07, 6.45) is 1.29. The highest BCUT2D eigenvalue weighted by atomic mass is 16.3. The summed E-state index contributed by atoms with van der Waals surface area (Å²) in [6, 6.07) is -0.324. The molecule has 2 unspecified atom stereocenters. The van der Waals surface area contributed by atoms with E-state index in [2.05, 4.69) is 0 Å². The maximum atomic E-state index is 10.6. The summed E-state index contributed by atoms with van der Waals surface area (Å²) in [7, 11) is 0. The topological polar surface area (TPSA) is 63.3 Å². The Morgan fingerprint density at radius 2 is 2.44 bits per heavy atom. The fourth-order valence-corrected chi connectivity index (χ4v) is 1.02. The zero-order chi connectivity index (χ0) is 7.07. The molecule has 1 aliphatic rings. The summed E-state index contributed by atoms with van der Waals surface area (Å²) in [5.41, 5.74) is 4.21. The first kappa shape index (κ1) is 6.71. The molecular formula is C6H11NO2. The van der Waals surface area contributed by atoms with Crippen LogP contribution in [0.15, 0.2) is 0 Å². The van der Waals surface area contributed by atoms with Gasteiger partial charge in [0.2, 0.25) is 0 Å². The van der Waals surface area contributed by atoms with Gasteiger partial charge in [-0.15, -0.1) is 0 Å². The van der Waals surface area contributed by atoms with Crippen LogP contribution in [0.1, 0.15) is 19.8 Å². The monoisotopic (exact) mass is 129 g/mol. The van der Waals surface area contributed by atoms with Gasteiger partial charge in [0.1, 0.15) is 5.60 Å². The van der Waals surface area contributed by atoms with E-state index in [1.807, 2.05) is 0 Å². The van der Waals surface area contributed by atoms with Crippen LogP contribution in [0.3, 0.4) is 0 Å². The van der Waals surface area contributed by atoms with Crippen LogP contribution < -0.4 is 5.73 Å². The Balaban J connectivity index is 2.64. The second-order valence-corrected chi connectivity index (χ2v) is 2.63. The van der Waals surface area contributed by atoms with Crippen molar-refractivity contribution in [3.8, 4) is 0 Å². The summed E-state index contributed by atoms with van der Waals surface area (Å²) in [4.78, 5) is 10.6. The van der Waals surface area contributed by atoms with Crippen LogP contribution in [0.25, 0.3) is 0 Å². The lowest BCUT2D eigenvalue weighted by Crippen LogP contribution is -2.60. The summed E-state index contributed by atoms with van der Waals surface area (Å²) < 4.78 is 0. The normalized spacial score (nSPS) is 41.9. The number of Topliss-reactive ketones (excluding diaryl/α,β-unsaturated/α-hetero) is 1. The minimum atomic E-state index is -1.18. The van der Waals surface area contributed by atoms with Crippen molar-refractivity contribution in [2.24, 2.45) is 5.73 Å². The van der Waals surface area contributed by atoms with E-state index in [4.69, 9.17) is 5.73 Å². The van der Waals surface area contributed by atoms with Gasteiger partial charge in [-0.3, -0.25) is 4.79 Å². The van der Waals surface area contributed by atoms with Gasteiger partial charge in [-0.1, -0.05) is 0 Å². The van der Waals surface area contributed by atoms with Crippen molar-refractivity contribution in [1.82, 2.24) is 0 Å². The Morgan fingerprint density at radius 1 is 1.89 bits per heavy atom. The van der Waals surface area contributed by atoms with Gasteiger partial charge in [0.15, 0.2) is 5.78 Å². The molecule has 9 heavy (non-hydrogen) atoms. The molecule has 3 N–H and O–H groups in total. The zero-order valence-corrected chi connectivity index (χ0v) is 5.42. The largest absolute Gasteiger partial charge is 0.380 e. The SMILES string of the molecule is CC(=O)C1(O)CCC1N. The predicted octanol–water partition coefficient (Wildman–Crippen LogP) is -0.572.